The van der Waals surface area contributed by atoms with Crippen LogP contribution in [0.3, 0.4) is 0 Å². The third kappa shape index (κ3) is 4.29. The summed E-state index contributed by atoms with van der Waals surface area (Å²) in [6, 6.07) is 5.73. The van der Waals surface area contributed by atoms with Crippen LogP contribution >= 0.6 is 0 Å². The van der Waals surface area contributed by atoms with Gasteiger partial charge < -0.3 is 15.1 Å². The second-order valence-electron chi connectivity index (χ2n) is 6.09. The Hall–Kier alpha value is -2.48. The largest absolute Gasteiger partial charge is 0.483 e. The van der Waals surface area contributed by atoms with Crippen LogP contribution in [0.4, 0.5) is 0 Å². The van der Waals surface area contributed by atoms with Crippen molar-refractivity contribution >= 4 is 18.3 Å². The fourth-order valence-electron chi connectivity index (χ4n) is 3.25. The first-order valence-electron chi connectivity index (χ1n) is 7.64. The second kappa shape index (κ2) is 7.87. The van der Waals surface area contributed by atoms with Crippen molar-refractivity contribution in [2.75, 3.05) is 26.7 Å². The van der Waals surface area contributed by atoms with Gasteiger partial charge in [0.15, 0.2) is 0 Å². The van der Waals surface area contributed by atoms with Gasteiger partial charge in [0.05, 0.1) is 18.2 Å². The number of hydrogen-bond donors (Lipinski definition) is 2. The van der Waals surface area contributed by atoms with Gasteiger partial charge in [-0.2, -0.15) is 0 Å². The van der Waals surface area contributed by atoms with Crippen LogP contribution in [-0.4, -0.2) is 70.0 Å². The molecule has 1 aromatic rings. The highest BCUT2D eigenvalue weighted by Gasteiger charge is 2.60. The summed E-state index contributed by atoms with van der Waals surface area (Å²) in [5, 5.41) is 15.9. The lowest BCUT2D eigenvalue weighted by molar-refractivity contribution is -0.141. The van der Waals surface area contributed by atoms with Gasteiger partial charge in [0.1, 0.15) is 0 Å². The molecule has 2 heterocycles. The smallest absolute Gasteiger partial charge is 0.307 e. The number of carboxylic acid groups (broad SMARTS) is 2. The maximum atomic E-state index is 12.2. The normalized spacial score (nSPS) is 23.9. The molecule has 1 unspecified atom stereocenters. The van der Waals surface area contributed by atoms with E-state index < -0.39 is 5.97 Å². The quantitative estimate of drug-likeness (QED) is 0.729. The van der Waals surface area contributed by atoms with Crippen molar-refractivity contribution in [2.45, 2.75) is 6.54 Å². The van der Waals surface area contributed by atoms with Crippen LogP contribution in [0, 0.1) is 17.8 Å². The molecular formula is C16H21N3O5. The van der Waals surface area contributed by atoms with E-state index in [9.17, 15) is 9.59 Å². The lowest BCUT2D eigenvalue weighted by Crippen LogP contribution is -2.39. The van der Waals surface area contributed by atoms with E-state index in [0.29, 0.717) is 26.2 Å². The summed E-state index contributed by atoms with van der Waals surface area (Å²) < 4.78 is 0. The molecular weight excluding hydrogens is 314 g/mol. The number of fused-ring (bicyclic) bond motifs is 1. The number of pyridine rings is 1. The highest BCUT2D eigenvalue weighted by atomic mass is 16.4. The van der Waals surface area contributed by atoms with Crippen molar-refractivity contribution in [2.24, 2.45) is 17.8 Å². The molecule has 1 aromatic heterocycles. The van der Waals surface area contributed by atoms with E-state index in [2.05, 4.69) is 4.98 Å². The molecule has 0 aromatic carbocycles. The maximum Gasteiger partial charge on any atom is 0.307 e. The van der Waals surface area contributed by atoms with Crippen molar-refractivity contribution in [1.29, 1.82) is 0 Å². The number of likely N-dealkylation sites (tertiary alicyclic amines) is 1. The van der Waals surface area contributed by atoms with Crippen molar-refractivity contribution in [3.05, 3.63) is 30.1 Å². The minimum Gasteiger partial charge on any atom is -0.483 e. The van der Waals surface area contributed by atoms with Gasteiger partial charge in [0.25, 0.3) is 6.47 Å². The lowest BCUT2D eigenvalue weighted by atomic mass is 10.2. The fourth-order valence-corrected chi connectivity index (χ4v) is 3.25. The van der Waals surface area contributed by atoms with Crippen LogP contribution in [-0.2, 0) is 20.9 Å². The van der Waals surface area contributed by atoms with Crippen molar-refractivity contribution in [3.63, 3.8) is 0 Å². The Bertz CT molecular complexity index is 583. The number of likely N-dealkylation sites (N-methyl/N-ethyl adjacent to an activating group) is 1. The highest BCUT2D eigenvalue weighted by Crippen LogP contribution is 2.51. The number of amides is 1. The van der Waals surface area contributed by atoms with Gasteiger partial charge >= 0.3 is 5.97 Å². The van der Waals surface area contributed by atoms with Crippen molar-refractivity contribution in [3.8, 4) is 0 Å². The van der Waals surface area contributed by atoms with E-state index in [1.165, 1.54) is 0 Å². The SMILES string of the molecule is CN(CC(=O)N1C[C@@H]2C(C(=O)O)[C@@H]2C1)Cc1ccccn1.O=CO. The summed E-state index contributed by atoms with van der Waals surface area (Å²) in [7, 11) is 1.89. The van der Waals surface area contributed by atoms with Gasteiger partial charge in [-0.1, -0.05) is 6.07 Å². The number of aliphatic carboxylic acids is 1. The second-order valence-corrected chi connectivity index (χ2v) is 6.09. The molecule has 1 saturated heterocycles. The van der Waals surface area contributed by atoms with Gasteiger partial charge in [-0.15, -0.1) is 0 Å². The van der Waals surface area contributed by atoms with Gasteiger partial charge in [-0.25, -0.2) is 0 Å². The number of piperidine rings is 1. The first kappa shape index (κ1) is 17.9. The lowest BCUT2D eigenvalue weighted by Gasteiger charge is -2.23. The van der Waals surface area contributed by atoms with Crippen LogP contribution in [0.1, 0.15) is 5.69 Å². The number of carbonyl (C=O) groups excluding carboxylic acids is 1. The van der Waals surface area contributed by atoms with E-state index >= 15 is 0 Å². The topological polar surface area (TPSA) is 111 Å². The zero-order valence-electron chi connectivity index (χ0n) is 13.4. The monoisotopic (exact) mass is 335 g/mol. The Morgan fingerprint density at radius 2 is 2.00 bits per heavy atom. The molecule has 2 aliphatic rings. The number of rotatable bonds is 5. The molecule has 2 fully saturated rings. The predicted molar refractivity (Wildman–Crippen MR) is 83.9 cm³/mol. The van der Waals surface area contributed by atoms with Crippen LogP contribution < -0.4 is 0 Å². The molecule has 8 heteroatoms. The standard InChI is InChI=1S/C15H19N3O3.CH2O2/c1-17(6-10-4-2-3-5-16-10)9-13(19)18-7-11-12(8-18)14(11)15(20)21;2-1-3/h2-5,11-12,14H,6-9H2,1H3,(H,20,21);1H,(H,2,3)/t11-,12+,14?;. The molecule has 0 radical (unpaired) electrons. The predicted octanol–water partition coefficient (Wildman–Crippen LogP) is 0.00320. The Kier molecular flexibility index (Phi) is 5.86. The number of nitrogens with zero attached hydrogens (tertiary/aromatic N) is 3. The molecule has 3 rings (SSSR count). The molecule has 1 saturated carbocycles. The fraction of sp³-hybridized carbons (Fsp3) is 0.500. The third-order valence-corrected chi connectivity index (χ3v) is 4.40. The summed E-state index contributed by atoms with van der Waals surface area (Å²) in [6.45, 7) is 1.91. The molecule has 8 nitrogen and oxygen atoms in total. The van der Waals surface area contributed by atoms with Gasteiger partial charge in [-0.05, 0) is 31.0 Å². The Morgan fingerprint density at radius 1 is 1.38 bits per heavy atom. The summed E-state index contributed by atoms with van der Waals surface area (Å²) in [5.41, 5.74) is 0.933. The molecule has 24 heavy (non-hydrogen) atoms. The summed E-state index contributed by atoms with van der Waals surface area (Å²) in [5.74, 6) is -0.519. The number of carbonyl (C=O) groups is 3. The molecule has 1 amide bonds. The Morgan fingerprint density at radius 3 is 2.50 bits per heavy atom. The average molecular weight is 335 g/mol. The van der Waals surface area contributed by atoms with Crippen molar-refractivity contribution in [1.82, 2.24) is 14.8 Å². The van der Waals surface area contributed by atoms with Gasteiger partial charge in [0, 0.05) is 25.8 Å². The summed E-state index contributed by atoms with van der Waals surface area (Å²) in [6.07, 6.45) is 1.74. The number of carboxylic acids is 1. The summed E-state index contributed by atoms with van der Waals surface area (Å²) >= 11 is 0. The van der Waals surface area contributed by atoms with Crippen LogP contribution in [0.5, 0.6) is 0 Å². The van der Waals surface area contributed by atoms with Crippen molar-refractivity contribution < 1.29 is 24.6 Å². The molecule has 1 aliphatic heterocycles. The summed E-state index contributed by atoms with van der Waals surface area (Å²) in [4.78, 5) is 39.4. The minimum atomic E-state index is -0.718. The van der Waals surface area contributed by atoms with E-state index in [1.807, 2.05) is 30.1 Å². The first-order chi connectivity index (χ1) is 11.5. The van der Waals surface area contributed by atoms with Crippen LogP contribution in [0.25, 0.3) is 0 Å². The van der Waals surface area contributed by atoms with Crippen LogP contribution in [0.15, 0.2) is 24.4 Å². The molecule has 3 atom stereocenters. The first-order valence-corrected chi connectivity index (χ1v) is 7.64. The van der Waals surface area contributed by atoms with E-state index in [-0.39, 0.29) is 30.1 Å². The maximum absolute atomic E-state index is 12.2. The van der Waals surface area contributed by atoms with E-state index in [4.69, 9.17) is 15.0 Å². The van der Waals surface area contributed by atoms with Gasteiger partial charge in [-0.3, -0.25) is 24.3 Å². The minimum absolute atomic E-state index is 0.0739. The van der Waals surface area contributed by atoms with E-state index in [1.54, 1.807) is 11.1 Å². The molecule has 0 spiro atoms. The number of hydrogen-bond acceptors (Lipinski definition) is 5. The zero-order chi connectivity index (χ0) is 17.7. The third-order valence-electron chi connectivity index (χ3n) is 4.40. The zero-order valence-corrected chi connectivity index (χ0v) is 13.4. The average Bonchev–Trinajstić information content (AvgIpc) is 3.04. The Labute approximate surface area is 139 Å². The molecule has 0 bridgehead atoms. The molecule has 1 aliphatic carbocycles. The highest BCUT2D eigenvalue weighted by molar-refractivity contribution is 5.80. The van der Waals surface area contributed by atoms with E-state index in [0.717, 1.165) is 5.69 Å². The Balaban J connectivity index is 0.000000647. The molecule has 130 valence electrons. The van der Waals surface area contributed by atoms with Crippen LogP contribution in [0.2, 0.25) is 0 Å². The molecule has 2 N–H and O–H groups in total. The van der Waals surface area contributed by atoms with Gasteiger partial charge in [0.2, 0.25) is 5.91 Å². The number of aromatic nitrogens is 1.